The van der Waals surface area contributed by atoms with Crippen LogP contribution in [0, 0.1) is 19.7 Å². The van der Waals surface area contributed by atoms with Gasteiger partial charge in [0.1, 0.15) is 12.4 Å². The van der Waals surface area contributed by atoms with Gasteiger partial charge in [0.15, 0.2) is 0 Å². The molecule has 0 saturated carbocycles. The minimum absolute atomic E-state index is 0.0329. The highest BCUT2D eigenvalue weighted by atomic mass is 32.2. The van der Waals surface area contributed by atoms with Crippen LogP contribution in [-0.2, 0) is 16.6 Å². The number of sulfonamides is 1. The topological polar surface area (TPSA) is 41.8 Å². The highest BCUT2D eigenvalue weighted by Gasteiger charge is 2.30. The summed E-state index contributed by atoms with van der Waals surface area (Å²) >= 11 is 0. The number of benzene rings is 2. The zero-order valence-electron chi connectivity index (χ0n) is 14.6. The molecule has 0 radical (unpaired) electrons. The van der Waals surface area contributed by atoms with Crippen molar-refractivity contribution in [3.8, 4) is 0 Å². The Kier molecular flexibility index (Phi) is 5.22. The fourth-order valence-electron chi connectivity index (χ4n) is 3.26. The fourth-order valence-corrected chi connectivity index (χ4v) is 4.73. The van der Waals surface area contributed by atoms with Crippen LogP contribution in [-0.4, -0.2) is 38.9 Å². The first-order valence-electron chi connectivity index (χ1n) is 8.52. The smallest absolute Gasteiger partial charge is 0.243 e. The second-order valence-electron chi connectivity index (χ2n) is 6.72. The Morgan fingerprint density at radius 3 is 2.48 bits per heavy atom. The van der Waals surface area contributed by atoms with Gasteiger partial charge in [0, 0.05) is 5.56 Å². The molecule has 1 aliphatic heterocycles. The van der Waals surface area contributed by atoms with Gasteiger partial charge >= 0.3 is 0 Å². The standard InChI is InChI=1S/C19H23FN2O2S/c1-15-6-7-16(2)17(12-15)14-21-8-10-22(11-9-21)25(23,24)19-5-3-4-18(20)13-19/h3-7,12-13H,8-11,14H2,1-2H3/p+1. The number of nitrogens with zero attached hydrogens (tertiary/aromatic N) is 1. The summed E-state index contributed by atoms with van der Waals surface area (Å²) in [5.41, 5.74) is 3.83. The fraction of sp³-hybridized carbons (Fsp3) is 0.368. The van der Waals surface area contributed by atoms with Gasteiger partial charge in [-0.25, -0.2) is 12.8 Å². The molecule has 1 aliphatic rings. The summed E-state index contributed by atoms with van der Waals surface area (Å²) in [6.45, 7) is 7.52. The van der Waals surface area contributed by atoms with E-state index in [-0.39, 0.29) is 4.90 Å². The summed E-state index contributed by atoms with van der Waals surface area (Å²) in [7, 11) is -3.62. The highest BCUT2D eigenvalue weighted by molar-refractivity contribution is 7.89. The lowest BCUT2D eigenvalue weighted by atomic mass is 10.1. The first-order chi connectivity index (χ1) is 11.9. The van der Waals surface area contributed by atoms with Crippen molar-refractivity contribution >= 4 is 10.0 Å². The van der Waals surface area contributed by atoms with Crippen molar-refractivity contribution < 1.29 is 17.7 Å². The third kappa shape index (κ3) is 4.08. The van der Waals surface area contributed by atoms with Crippen molar-refractivity contribution in [3.63, 3.8) is 0 Å². The van der Waals surface area contributed by atoms with E-state index < -0.39 is 15.8 Å². The van der Waals surface area contributed by atoms with Crippen molar-refractivity contribution in [3.05, 3.63) is 65.0 Å². The maximum atomic E-state index is 13.4. The van der Waals surface area contributed by atoms with Crippen molar-refractivity contribution in [2.75, 3.05) is 26.2 Å². The van der Waals surface area contributed by atoms with Crippen LogP contribution >= 0.6 is 0 Å². The average Bonchev–Trinajstić information content (AvgIpc) is 2.59. The van der Waals surface area contributed by atoms with E-state index in [4.69, 9.17) is 0 Å². The molecule has 0 spiro atoms. The Balaban J connectivity index is 1.66. The van der Waals surface area contributed by atoms with Crippen LogP contribution in [0.3, 0.4) is 0 Å². The number of rotatable bonds is 4. The van der Waals surface area contributed by atoms with Crippen molar-refractivity contribution in [2.24, 2.45) is 0 Å². The lowest BCUT2D eigenvalue weighted by Crippen LogP contribution is -3.13. The zero-order valence-corrected chi connectivity index (χ0v) is 15.4. The zero-order chi connectivity index (χ0) is 18.0. The number of aryl methyl sites for hydroxylation is 2. The molecule has 2 aromatic carbocycles. The minimum Gasteiger partial charge on any atom is -0.329 e. The minimum atomic E-state index is -3.62. The number of halogens is 1. The summed E-state index contributed by atoms with van der Waals surface area (Å²) < 4.78 is 40.1. The van der Waals surface area contributed by atoms with Crippen LogP contribution < -0.4 is 4.90 Å². The number of hydrogen-bond donors (Lipinski definition) is 1. The molecule has 0 aromatic heterocycles. The second kappa shape index (κ2) is 7.23. The Labute approximate surface area is 148 Å². The first kappa shape index (κ1) is 18.0. The molecule has 0 bridgehead atoms. The summed E-state index contributed by atoms with van der Waals surface area (Å²) in [6.07, 6.45) is 0. The van der Waals surface area contributed by atoms with Gasteiger partial charge in [-0.3, -0.25) is 0 Å². The van der Waals surface area contributed by atoms with E-state index >= 15 is 0 Å². The Hall–Kier alpha value is -1.76. The maximum absolute atomic E-state index is 13.4. The van der Waals surface area contributed by atoms with E-state index in [0.717, 1.165) is 25.7 Å². The van der Waals surface area contributed by atoms with Gasteiger partial charge in [0.25, 0.3) is 0 Å². The molecule has 0 aliphatic carbocycles. The first-order valence-corrected chi connectivity index (χ1v) is 9.96. The molecule has 2 aromatic rings. The molecular formula is C19H24FN2O2S+. The molecule has 6 heteroatoms. The van der Waals surface area contributed by atoms with Gasteiger partial charge in [0.2, 0.25) is 10.0 Å². The molecule has 0 unspecified atom stereocenters. The van der Waals surface area contributed by atoms with Gasteiger partial charge in [-0.2, -0.15) is 4.31 Å². The number of piperazine rings is 1. The molecule has 1 N–H and O–H groups in total. The van der Waals surface area contributed by atoms with Crippen LogP contribution in [0.4, 0.5) is 4.39 Å². The van der Waals surface area contributed by atoms with Crippen LogP contribution in [0.1, 0.15) is 16.7 Å². The Bertz CT molecular complexity index is 859. The van der Waals surface area contributed by atoms with Gasteiger partial charge < -0.3 is 4.90 Å². The van der Waals surface area contributed by atoms with Crippen molar-refractivity contribution in [1.82, 2.24) is 4.31 Å². The molecule has 25 heavy (non-hydrogen) atoms. The van der Waals surface area contributed by atoms with Crippen LogP contribution in [0.5, 0.6) is 0 Å². The van der Waals surface area contributed by atoms with E-state index in [9.17, 15) is 12.8 Å². The molecule has 4 nitrogen and oxygen atoms in total. The molecule has 134 valence electrons. The lowest BCUT2D eigenvalue weighted by Gasteiger charge is -2.31. The van der Waals surface area contributed by atoms with Gasteiger partial charge in [-0.05, 0) is 37.6 Å². The predicted octanol–water partition coefficient (Wildman–Crippen LogP) is 1.53. The monoisotopic (exact) mass is 363 g/mol. The van der Waals surface area contributed by atoms with E-state index in [1.807, 2.05) is 0 Å². The van der Waals surface area contributed by atoms with E-state index in [1.165, 1.54) is 44.1 Å². The number of hydrogen-bond acceptors (Lipinski definition) is 2. The van der Waals surface area contributed by atoms with Crippen LogP contribution in [0.25, 0.3) is 0 Å². The quantitative estimate of drug-likeness (QED) is 0.895. The number of quaternary nitrogens is 1. The molecule has 3 rings (SSSR count). The SMILES string of the molecule is Cc1ccc(C)c(C[NH+]2CCN(S(=O)(=O)c3cccc(F)c3)CC2)c1. The predicted molar refractivity (Wildman–Crippen MR) is 95.5 cm³/mol. The van der Waals surface area contributed by atoms with Gasteiger partial charge in [-0.15, -0.1) is 0 Å². The molecule has 0 amide bonds. The van der Waals surface area contributed by atoms with Crippen LogP contribution in [0.2, 0.25) is 0 Å². The largest absolute Gasteiger partial charge is 0.329 e. The Morgan fingerprint density at radius 1 is 1.08 bits per heavy atom. The molecule has 1 saturated heterocycles. The summed E-state index contributed by atoms with van der Waals surface area (Å²) in [6, 6.07) is 11.7. The van der Waals surface area contributed by atoms with E-state index in [0.29, 0.717) is 13.1 Å². The molecule has 1 fully saturated rings. The lowest BCUT2D eigenvalue weighted by molar-refractivity contribution is -0.917. The summed E-state index contributed by atoms with van der Waals surface area (Å²) in [5.74, 6) is -0.528. The maximum Gasteiger partial charge on any atom is 0.243 e. The van der Waals surface area contributed by atoms with E-state index in [2.05, 4.69) is 32.0 Å². The molecule has 1 heterocycles. The summed E-state index contributed by atoms with van der Waals surface area (Å²) in [5, 5.41) is 0. The van der Waals surface area contributed by atoms with E-state index in [1.54, 1.807) is 0 Å². The van der Waals surface area contributed by atoms with Crippen LogP contribution in [0.15, 0.2) is 47.4 Å². The highest BCUT2D eigenvalue weighted by Crippen LogP contribution is 2.16. The second-order valence-corrected chi connectivity index (χ2v) is 8.66. The molecule has 0 atom stereocenters. The van der Waals surface area contributed by atoms with Crippen molar-refractivity contribution in [1.29, 1.82) is 0 Å². The normalized spacial score (nSPS) is 16.9. The third-order valence-electron chi connectivity index (χ3n) is 4.81. The average molecular weight is 363 g/mol. The Morgan fingerprint density at radius 2 is 1.80 bits per heavy atom. The third-order valence-corrected chi connectivity index (χ3v) is 6.70. The van der Waals surface area contributed by atoms with Gasteiger partial charge in [0.05, 0.1) is 31.1 Å². The van der Waals surface area contributed by atoms with Crippen molar-refractivity contribution in [2.45, 2.75) is 25.3 Å². The van der Waals surface area contributed by atoms with Gasteiger partial charge in [-0.1, -0.05) is 29.8 Å². The number of nitrogens with one attached hydrogen (secondary N) is 1. The molecular weight excluding hydrogens is 339 g/mol. The summed E-state index contributed by atoms with van der Waals surface area (Å²) in [4.78, 5) is 1.41.